The standard InChI is InChI=1S/C16H11BrN2O/c17-13-5-6-14-12(7-13)8-15(20-14)16(19)11-3-1-10(9-18)2-4-11/h1-8,16H,19H2. The van der Waals surface area contributed by atoms with Gasteiger partial charge in [-0.1, -0.05) is 28.1 Å². The first kappa shape index (κ1) is 12.9. The molecule has 2 N–H and O–H groups in total. The minimum atomic E-state index is -0.339. The topological polar surface area (TPSA) is 63.0 Å². The summed E-state index contributed by atoms with van der Waals surface area (Å²) in [6, 6.07) is 16.8. The van der Waals surface area contributed by atoms with Crippen LogP contribution in [0.3, 0.4) is 0 Å². The molecule has 0 fully saturated rings. The predicted octanol–water partition coefficient (Wildman–Crippen LogP) is 4.12. The van der Waals surface area contributed by atoms with Crippen molar-refractivity contribution in [2.75, 3.05) is 0 Å². The molecular weight excluding hydrogens is 316 g/mol. The smallest absolute Gasteiger partial charge is 0.134 e. The van der Waals surface area contributed by atoms with Crippen molar-refractivity contribution in [1.82, 2.24) is 0 Å². The molecule has 3 rings (SSSR count). The fourth-order valence-electron chi connectivity index (χ4n) is 2.12. The lowest BCUT2D eigenvalue weighted by atomic mass is 10.0. The molecule has 98 valence electrons. The highest BCUT2D eigenvalue weighted by molar-refractivity contribution is 9.10. The number of hydrogen-bond donors (Lipinski definition) is 1. The number of rotatable bonds is 2. The van der Waals surface area contributed by atoms with Crippen LogP contribution in [0.15, 0.2) is 57.4 Å². The molecule has 0 aliphatic carbocycles. The van der Waals surface area contributed by atoms with Crippen molar-refractivity contribution < 1.29 is 4.42 Å². The summed E-state index contributed by atoms with van der Waals surface area (Å²) in [6.45, 7) is 0. The van der Waals surface area contributed by atoms with Gasteiger partial charge < -0.3 is 10.2 Å². The highest BCUT2D eigenvalue weighted by Gasteiger charge is 2.14. The first-order valence-corrected chi connectivity index (χ1v) is 6.91. The Balaban J connectivity index is 1.98. The zero-order valence-corrected chi connectivity index (χ0v) is 12.1. The van der Waals surface area contributed by atoms with Crippen LogP contribution in [-0.2, 0) is 0 Å². The highest BCUT2D eigenvalue weighted by Crippen LogP contribution is 2.28. The van der Waals surface area contributed by atoms with E-state index >= 15 is 0 Å². The van der Waals surface area contributed by atoms with Gasteiger partial charge in [-0.05, 0) is 42.0 Å². The van der Waals surface area contributed by atoms with Gasteiger partial charge >= 0.3 is 0 Å². The molecule has 0 bridgehead atoms. The molecule has 0 radical (unpaired) electrons. The fourth-order valence-corrected chi connectivity index (χ4v) is 2.50. The second-order valence-electron chi connectivity index (χ2n) is 4.54. The van der Waals surface area contributed by atoms with Crippen LogP contribution in [0.2, 0.25) is 0 Å². The summed E-state index contributed by atoms with van der Waals surface area (Å²) in [7, 11) is 0. The van der Waals surface area contributed by atoms with Gasteiger partial charge in [0.05, 0.1) is 17.7 Å². The van der Waals surface area contributed by atoms with Crippen molar-refractivity contribution in [1.29, 1.82) is 5.26 Å². The molecule has 20 heavy (non-hydrogen) atoms. The molecular formula is C16H11BrN2O. The van der Waals surface area contributed by atoms with Crippen LogP contribution in [0.1, 0.15) is 22.9 Å². The van der Waals surface area contributed by atoms with E-state index in [0.29, 0.717) is 11.3 Å². The van der Waals surface area contributed by atoms with Crippen molar-refractivity contribution in [2.24, 2.45) is 5.73 Å². The van der Waals surface area contributed by atoms with Gasteiger partial charge in [0.1, 0.15) is 11.3 Å². The number of halogens is 1. The predicted molar refractivity (Wildman–Crippen MR) is 81.1 cm³/mol. The summed E-state index contributed by atoms with van der Waals surface area (Å²) >= 11 is 3.44. The van der Waals surface area contributed by atoms with Crippen LogP contribution < -0.4 is 5.73 Å². The van der Waals surface area contributed by atoms with E-state index < -0.39 is 0 Å². The quantitative estimate of drug-likeness (QED) is 0.770. The second kappa shape index (κ2) is 5.12. The number of fused-ring (bicyclic) bond motifs is 1. The summed E-state index contributed by atoms with van der Waals surface area (Å²) in [4.78, 5) is 0. The summed E-state index contributed by atoms with van der Waals surface area (Å²) < 4.78 is 6.79. The average molecular weight is 327 g/mol. The van der Waals surface area contributed by atoms with Gasteiger partial charge in [0.25, 0.3) is 0 Å². The molecule has 0 saturated heterocycles. The maximum atomic E-state index is 8.80. The van der Waals surface area contributed by atoms with Gasteiger partial charge in [-0.3, -0.25) is 0 Å². The molecule has 3 aromatic rings. The van der Waals surface area contributed by atoms with Crippen LogP contribution in [0.5, 0.6) is 0 Å². The van der Waals surface area contributed by atoms with Crippen molar-refractivity contribution in [3.8, 4) is 6.07 Å². The SMILES string of the molecule is N#Cc1ccc(C(N)c2cc3cc(Br)ccc3o2)cc1. The Morgan fingerprint density at radius 1 is 1.10 bits per heavy atom. The fraction of sp³-hybridized carbons (Fsp3) is 0.0625. The summed E-state index contributed by atoms with van der Waals surface area (Å²) in [5.41, 5.74) is 8.57. The maximum absolute atomic E-state index is 8.80. The third-order valence-corrected chi connectivity index (χ3v) is 3.70. The Morgan fingerprint density at radius 3 is 2.55 bits per heavy atom. The van der Waals surface area contributed by atoms with Gasteiger partial charge in [-0.15, -0.1) is 0 Å². The molecule has 0 spiro atoms. The van der Waals surface area contributed by atoms with E-state index in [1.165, 1.54) is 0 Å². The molecule has 1 unspecified atom stereocenters. The Labute approximate surface area is 124 Å². The molecule has 4 heteroatoms. The Kier molecular flexibility index (Phi) is 3.31. The zero-order valence-electron chi connectivity index (χ0n) is 10.5. The van der Waals surface area contributed by atoms with Crippen LogP contribution in [-0.4, -0.2) is 0 Å². The summed E-state index contributed by atoms with van der Waals surface area (Å²) in [5, 5.41) is 9.81. The van der Waals surface area contributed by atoms with E-state index in [2.05, 4.69) is 22.0 Å². The van der Waals surface area contributed by atoms with E-state index in [4.69, 9.17) is 15.4 Å². The van der Waals surface area contributed by atoms with E-state index in [9.17, 15) is 0 Å². The van der Waals surface area contributed by atoms with Gasteiger partial charge in [-0.2, -0.15) is 5.26 Å². The highest BCUT2D eigenvalue weighted by atomic mass is 79.9. The molecule has 1 atom stereocenters. The lowest BCUT2D eigenvalue weighted by Crippen LogP contribution is -2.10. The summed E-state index contributed by atoms with van der Waals surface area (Å²) in [5.74, 6) is 0.711. The van der Waals surface area contributed by atoms with Crippen LogP contribution in [0.25, 0.3) is 11.0 Å². The third kappa shape index (κ3) is 2.34. The number of nitrogens with two attached hydrogens (primary N) is 1. The third-order valence-electron chi connectivity index (χ3n) is 3.20. The Bertz CT molecular complexity index is 799. The number of hydrogen-bond acceptors (Lipinski definition) is 3. The minimum Gasteiger partial charge on any atom is -0.459 e. The van der Waals surface area contributed by atoms with E-state index in [0.717, 1.165) is 21.0 Å². The Morgan fingerprint density at radius 2 is 1.85 bits per heavy atom. The normalized spacial score (nSPS) is 12.2. The lowest BCUT2D eigenvalue weighted by Gasteiger charge is -2.08. The largest absolute Gasteiger partial charge is 0.459 e. The van der Waals surface area contributed by atoms with Gasteiger partial charge in [0, 0.05) is 9.86 Å². The number of nitrogens with zero attached hydrogens (tertiary/aromatic N) is 1. The monoisotopic (exact) mass is 326 g/mol. The molecule has 2 aromatic carbocycles. The number of furan rings is 1. The average Bonchev–Trinajstić information content (AvgIpc) is 2.89. The first-order valence-electron chi connectivity index (χ1n) is 6.12. The van der Waals surface area contributed by atoms with Crippen molar-refractivity contribution in [3.05, 3.63) is 69.9 Å². The van der Waals surface area contributed by atoms with Gasteiger partial charge in [0.15, 0.2) is 0 Å². The summed E-state index contributed by atoms with van der Waals surface area (Å²) in [6.07, 6.45) is 0. The zero-order chi connectivity index (χ0) is 14.1. The molecule has 0 aliphatic rings. The van der Waals surface area contributed by atoms with Gasteiger partial charge in [0.2, 0.25) is 0 Å². The molecule has 0 aliphatic heterocycles. The first-order chi connectivity index (χ1) is 9.67. The van der Waals surface area contributed by atoms with Crippen LogP contribution >= 0.6 is 15.9 Å². The number of nitriles is 1. The maximum Gasteiger partial charge on any atom is 0.134 e. The van der Waals surface area contributed by atoms with E-state index in [-0.39, 0.29) is 6.04 Å². The Hall–Kier alpha value is -2.09. The van der Waals surface area contributed by atoms with Crippen molar-refractivity contribution in [3.63, 3.8) is 0 Å². The van der Waals surface area contributed by atoms with Gasteiger partial charge in [-0.25, -0.2) is 0 Å². The molecule has 1 heterocycles. The van der Waals surface area contributed by atoms with E-state index in [1.54, 1.807) is 12.1 Å². The lowest BCUT2D eigenvalue weighted by molar-refractivity contribution is 0.525. The molecule has 3 nitrogen and oxygen atoms in total. The van der Waals surface area contributed by atoms with Crippen LogP contribution in [0, 0.1) is 11.3 Å². The minimum absolute atomic E-state index is 0.339. The van der Waals surface area contributed by atoms with Crippen molar-refractivity contribution in [2.45, 2.75) is 6.04 Å². The number of benzene rings is 2. The molecule has 1 aromatic heterocycles. The molecule has 0 amide bonds. The van der Waals surface area contributed by atoms with Crippen molar-refractivity contribution >= 4 is 26.9 Å². The second-order valence-corrected chi connectivity index (χ2v) is 5.46. The van der Waals surface area contributed by atoms with E-state index in [1.807, 2.05) is 36.4 Å². The van der Waals surface area contributed by atoms with Crippen LogP contribution in [0.4, 0.5) is 0 Å². The molecule has 0 saturated carbocycles.